The van der Waals surface area contributed by atoms with Crippen LogP contribution < -0.4 is 5.32 Å². The van der Waals surface area contributed by atoms with Crippen molar-refractivity contribution in [3.63, 3.8) is 0 Å². The second-order valence-electron chi connectivity index (χ2n) is 16.1. The summed E-state index contributed by atoms with van der Waals surface area (Å²) in [6, 6.07) is 7.40. The minimum absolute atomic E-state index is 0.0676. The monoisotopic (exact) mass is 822 g/mol. The second-order valence-corrected chi connectivity index (χ2v) is 18.0. The zero-order valence-corrected chi connectivity index (χ0v) is 32.2. The Hall–Kier alpha value is -4.34. The number of hydrogen-bond acceptors (Lipinski definition) is 10. The SMILES string of the molecule is CC(O)(CS(=O)(=O)c1ccc(F)cc1)C(=O)Nc1ccc(C#N)c(C(F)(F)F)c1.C[C@H]1C[C@H]2[C@@H]3CCC4=CC(=O)C=C[C@]4(C)[C@@]3(F)[C@@H](O)C[C@]2(C)[C@@]1(O)C(=O)CO. The molecule has 2 aromatic carbocycles. The molecule has 6 rings (SSSR count). The molecule has 11 nitrogen and oxygen atoms in total. The van der Waals surface area contributed by atoms with Crippen molar-refractivity contribution in [2.75, 3.05) is 17.7 Å². The van der Waals surface area contributed by atoms with Gasteiger partial charge in [-0.1, -0.05) is 25.5 Å². The Kier molecular flexibility index (Phi) is 11.4. The molecule has 5 N–H and O–H groups in total. The molecule has 17 heteroatoms. The molecule has 0 aliphatic heterocycles. The van der Waals surface area contributed by atoms with E-state index >= 15 is 4.39 Å². The molecule has 0 heterocycles. The van der Waals surface area contributed by atoms with Crippen LogP contribution in [0.25, 0.3) is 0 Å². The fraction of sp³-hybridized carbons (Fsp3) is 0.500. The van der Waals surface area contributed by atoms with Gasteiger partial charge < -0.3 is 25.7 Å². The number of fused-ring (bicyclic) bond motifs is 5. The summed E-state index contributed by atoms with van der Waals surface area (Å²) in [5.74, 6) is -5.18. The van der Waals surface area contributed by atoms with Crippen molar-refractivity contribution < 1.29 is 65.2 Å². The first kappa shape index (κ1) is 43.8. The Bertz CT molecular complexity index is 2180. The molecule has 1 amide bonds. The van der Waals surface area contributed by atoms with Crippen LogP contribution in [0.1, 0.15) is 64.5 Å². The highest BCUT2D eigenvalue weighted by Crippen LogP contribution is 2.70. The smallest absolute Gasteiger partial charge is 0.390 e. The third kappa shape index (κ3) is 7.24. The van der Waals surface area contributed by atoms with Gasteiger partial charge in [-0.25, -0.2) is 17.2 Å². The predicted octanol–water partition coefficient (Wildman–Crippen LogP) is 4.78. The number of hydrogen-bond donors (Lipinski definition) is 5. The molecule has 57 heavy (non-hydrogen) atoms. The normalized spacial score (nSPS) is 32.9. The average molecular weight is 823 g/mol. The molecule has 0 radical (unpaired) electrons. The van der Waals surface area contributed by atoms with Crippen LogP contribution >= 0.6 is 0 Å². The molecule has 4 aliphatic carbocycles. The van der Waals surface area contributed by atoms with Crippen LogP contribution in [-0.2, 0) is 30.4 Å². The van der Waals surface area contributed by atoms with E-state index < -0.39 is 103 Å². The number of nitrogens with one attached hydrogen (secondary N) is 1. The molecule has 1 unspecified atom stereocenters. The van der Waals surface area contributed by atoms with Crippen molar-refractivity contribution in [3.05, 3.63) is 83.2 Å². The highest BCUT2D eigenvalue weighted by molar-refractivity contribution is 7.91. The number of sulfone groups is 1. The number of alkyl halides is 4. The summed E-state index contributed by atoms with van der Waals surface area (Å²) in [6.45, 7) is 5.35. The zero-order chi connectivity index (χ0) is 42.7. The first-order valence-electron chi connectivity index (χ1n) is 18.0. The molecule has 0 aromatic heterocycles. The minimum atomic E-state index is -4.86. The molecule has 0 bridgehead atoms. The van der Waals surface area contributed by atoms with Gasteiger partial charge >= 0.3 is 6.18 Å². The van der Waals surface area contributed by atoms with E-state index in [0.29, 0.717) is 30.9 Å². The quantitative estimate of drug-likeness (QED) is 0.191. The number of aliphatic hydroxyl groups excluding tert-OH is 2. The molecule has 2 aromatic rings. The lowest BCUT2D eigenvalue weighted by molar-refractivity contribution is -0.219. The van der Waals surface area contributed by atoms with Crippen molar-refractivity contribution in [2.45, 2.75) is 87.4 Å². The molecule has 3 saturated carbocycles. The number of ketones is 2. The topological polar surface area (TPSA) is 202 Å². The van der Waals surface area contributed by atoms with Gasteiger partial charge in [-0.15, -0.1) is 0 Å². The summed E-state index contributed by atoms with van der Waals surface area (Å²) in [6.07, 6.45) is -0.422. The van der Waals surface area contributed by atoms with Gasteiger partial charge in [0.15, 0.2) is 32.7 Å². The molecular weight excluding hydrogens is 780 g/mol. The molecular formula is C40H43F5N2O9S. The third-order valence-electron chi connectivity index (χ3n) is 12.6. The average Bonchev–Trinajstić information content (AvgIpc) is 3.33. The van der Waals surface area contributed by atoms with Gasteiger partial charge in [0.2, 0.25) is 0 Å². The maximum absolute atomic E-state index is 16.9. The summed E-state index contributed by atoms with van der Waals surface area (Å²) >= 11 is 0. The maximum atomic E-state index is 16.9. The van der Waals surface area contributed by atoms with E-state index in [1.54, 1.807) is 26.8 Å². The van der Waals surface area contributed by atoms with Gasteiger partial charge in [-0.05, 0) is 106 Å². The van der Waals surface area contributed by atoms with Crippen LogP contribution in [0.15, 0.2) is 71.2 Å². The Morgan fingerprint density at radius 2 is 1.72 bits per heavy atom. The summed E-state index contributed by atoms with van der Waals surface area (Å²) in [5, 5.41) is 53.0. The van der Waals surface area contributed by atoms with Crippen molar-refractivity contribution in [3.8, 4) is 6.07 Å². The fourth-order valence-electron chi connectivity index (χ4n) is 9.64. The van der Waals surface area contributed by atoms with Gasteiger partial charge in [0.1, 0.15) is 18.0 Å². The van der Waals surface area contributed by atoms with Crippen LogP contribution in [0.3, 0.4) is 0 Å². The number of amides is 1. The van der Waals surface area contributed by atoms with Crippen molar-refractivity contribution >= 4 is 33.0 Å². The Morgan fingerprint density at radius 1 is 1.09 bits per heavy atom. The molecule has 308 valence electrons. The van der Waals surface area contributed by atoms with Gasteiger partial charge in [0.25, 0.3) is 5.91 Å². The number of carbonyl (C=O) groups excluding carboxylic acids is 3. The number of benzene rings is 2. The number of nitriles is 1. The van der Waals surface area contributed by atoms with E-state index in [-0.39, 0.29) is 28.7 Å². The standard InChI is InChI=1S/C22H29FO5.C18H14F4N2O4S/c1-12-8-16-15-5-4-13-9-14(25)6-7-19(13,2)21(15,23)17(26)10-20(16,3)22(12,28)18(27)11-24;1-17(26,10-29(27,28)14-6-3-12(19)4-7-14)16(25)24-13-5-2-11(9-23)15(8-13)18(20,21)22/h6-7,9,12,15-17,24,26,28H,4-5,8,10-11H2,1-3H3;2-8,26H,10H2,1H3,(H,24,25)/t12-,15-,16-,17-,19-,20-,21-,22-;/m0./s1. The van der Waals surface area contributed by atoms with Gasteiger partial charge in [-0.2, -0.15) is 18.4 Å². The van der Waals surface area contributed by atoms with Gasteiger partial charge in [0, 0.05) is 22.4 Å². The molecule has 4 aliphatic rings. The number of halogens is 5. The van der Waals surface area contributed by atoms with Gasteiger partial charge in [0.05, 0.1) is 33.9 Å². The van der Waals surface area contributed by atoms with Crippen LogP contribution in [0.4, 0.5) is 27.6 Å². The van der Waals surface area contributed by atoms with E-state index in [9.17, 15) is 60.8 Å². The highest BCUT2D eigenvalue weighted by atomic mass is 32.2. The molecule has 9 atom stereocenters. The Labute approximate surface area is 325 Å². The minimum Gasteiger partial charge on any atom is -0.390 e. The van der Waals surface area contributed by atoms with E-state index in [0.717, 1.165) is 43.3 Å². The lowest BCUT2D eigenvalue weighted by atomic mass is 9.44. The maximum Gasteiger partial charge on any atom is 0.417 e. The lowest BCUT2D eigenvalue weighted by Gasteiger charge is -2.62. The number of anilines is 1. The van der Waals surface area contributed by atoms with Crippen molar-refractivity contribution in [1.82, 2.24) is 0 Å². The number of allylic oxidation sites excluding steroid dienone is 4. The molecule has 0 saturated heterocycles. The first-order chi connectivity index (χ1) is 26.2. The van der Waals surface area contributed by atoms with E-state index in [1.807, 2.05) is 5.32 Å². The van der Waals surface area contributed by atoms with Gasteiger partial charge in [-0.3, -0.25) is 14.4 Å². The third-order valence-corrected chi connectivity index (χ3v) is 14.6. The number of rotatable bonds is 7. The Morgan fingerprint density at radius 3 is 2.30 bits per heavy atom. The fourth-order valence-corrected chi connectivity index (χ4v) is 11.2. The van der Waals surface area contributed by atoms with Crippen LogP contribution in [0, 0.1) is 45.7 Å². The summed E-state index contributed by atoms with van der Waals surface area (Å²) in [4.78, 5) is 36.3. The van der Waals surface area contributed by atoms with E-state index in [1.165, 1.54) is 18.2 Å². The van der Waals surface area contributed by atoms with Crippen LogP contribution in [0.2, 0.25) is 0 Å². The van der Waals surface area contributed by atoms with E-state index in [4.69, 9.17) is 5.26 Å². The number of carbonyl (C=O) groups is 3. The summed E-state index contributed by atoms with van der Waals surface area (Å²) in [5.41, 5.74) is -10.0. The molecule has 0 spiro atoms. The predicted molar refractivity (Wildman–Crippen MR) is 194 cm³/mol. The largest absolute Gasteiger partial charge is 0.417 e. The number of Topliss-reactive ketones (excluding diaryl/α,β-unsaturated/α-hetero) is 1. The number of aliphatic hydroxyl groups is 4. The summed E-state index contributed by atoms with van der Waals surface area (Å²) in [7, 11) is -4.21. The second kappa shape index (κ2) is 14.8. The summed E-state index contributed by atoms with van der Waals surface area (Å²) < 4.78 is 93.5. The first-order valence-corrected chi connectivity index (χ1v) is 19.7. The van der Waals surface area contributed by atoms with Crippen LogP contribution in [-0.4, -0.2) is 81.7 Å². The Balaban J connectivity index is 0.000000218. The van der Waals surface area contributed by atoms with Crippen molar-refractivity contribution in [2.24, 2.45) is 28.6 Å². The highest BCUT2D eigenvalue weighted by Gasteiger charge is 2.75. The molecule has 3 fully saturated rings. The zero-order valence-electron chi connectivity index (χ0n) is 31.4. The van der Waals surface area contributed by atoms with Crippen molar-refractivity contribution in [1.29, 1.82) is 5.26 Å². The van der Waals surface area contributed by atoms with Crippen LogP contribution in [0.5, 0.6) is 0 Å². The lowest BCUT2D eigenvalue weighted by Crippen LogP contribution is -2.69. The number of nitrogens with zero attached hydrogens (tertiary/aromatic N) is 1. The van der Waals surface area contributed by atoms with E-state index in [2.05, 4.69) is 0 Å².